The lowest BCUT2D eigenvalue weighted by Gasteiger charge is -2.18. The Balaban J connectivity index is 3.09. The molecule has 0 atom stereocenters. The Morgan fingerprint density at radius 2 is 1.78 bits per heavy atom. The van der Waals surface area contributed by atoms with Crippen LogP contribution in [0.3, 0.4) is 0 Å². The highest BCUT2D eigenvalue weighted by Gasteiger charge is 2.24. The first-order valence-corrected chi connectivity index (χ1v) is 7.60. The van der Waals surface area contributed by atoms with Crippen molar-refractivity contribution >= 4 is 51.8 Å². The molecule has 1 aromatic carbocycles. The average molecular weight is 401 g/mol. The molecule has 0 aliphatic heterocycles. The van der Waals surface area contributed by atoms with E-state index < -0.39 is 5.41 Å². The summed E-state index contributed by atoms with van der Waals surface area (Å²) in [5, 5.41) is 0. The molecule has 100 valence electrons. The molecule has 1 rings (SSSR count). The van der Waals surface area contributed by atoms with Gasteiger partial charge in [0.1, 0.15) is 5.75 Å². The fraction of sp³-hybridized carbons (Fsp3) is 0.462. The monoisotopic (exact) mass is 400 g/mol. The van der Waals surface area contributed by atoms with Crippen LogP contribution in [-0.2, 0) is 16.6 Å². The molecule has 0 spiro atoms. The average Bonchev–Trinajstić information content (AvgIpc) is 2.28. The molecule has 0 bridgehead atoms. The predicted octanol–water partition coefficient (Wildman–Crippen LogP) is 4.72. The van der Waals surface area contributed by atoms with Crippen molar-refractivity contribution in [1.82, 2.24) is 0 Å². The van der Waals surface area contributed by atoms with E-state index in [2.05, 4.69) is 22.6 Å². The molecule has 1 aromatic rings. The van der Waals surface area contributed by atoms with Gasteiger partial charge >= 0.3 is 5.97 Å². The van der Waals surface area contributed by atoms with E-state index in [1.165, 1.54) is 0 Å². The highest BCUT2D eigenvalue weighted by atomic mass is 127. The fourth-order valence-corrected chi connectivity index (χ4v) is 2.49. The zero-order chi connectivity index (χ0) is 13.9. The maximum Gasteiger partial charge on any atom is 0.316 e. The van der Waals surface area contributed by atoms with Gasteiger partial charge in [-0.05, 0) is 61.1 Å². The fourth-order valence-electron chi connectivity index (χ4n) is 1.21. The van der Waals surface area contributed by atoms with Crippen LogP contribution in [0.5, 0.6) is 5.75 Å². The van der Waals surface area contributed by atoms with Crippen LogP contribution in [-0.4, -0.2) is 5.97 Å². The number of esters is 1. The molecule has 2 nitrogen and oxygen atoms in total. The largest absolute Gasteiger partial charge is 0.426 e. The molecule has 18 heavy (non-hydrogen) atoms. The molecule has 0 radical (unpaired) electrons. The van der Waals surface area contributed by atoms with Gasteiger partial charge < -0.3 is 4.74 Å². The SMILES string of the molecule is CC(C)(C)C(=O)Oc1cc(I)c(CCl)cc1CCl. The first kappa shape index (κ1) is 16.1. The van der Waals surface area contributed by atoms with E-state index in [9.17, 15) is 4.79 Å². The van der Waals surface area contributed by atoms with Gasteiger partial charge in [0.15, 0.2) is 0 Å². The molecule has 0 amide bonds. The number of hydrogen-bond donors (Lipinski definition) is 0. The summed E-state index contributed by atoms with van der Waals surface area (Å²) < 4.78 is 6.38. The van der Waals surface area contributed by atoms with Crippen LogP contribution in [0.1, 0.15) is 31.9 Å². The molecular weight excluding hydrogens is 386 g/mol. The summed E-state index contributed by atoms with van der Waals surface area (Å²) in [6.07, 6.45) is 0. The van der Waals surface area contributed by atoms with Crippen molar-refractivity contribution in [2.24, 2.45) is 5.41 Å². The van der Waals surface area contributed by atoms with Gasteiger partial charge in [-0.3, -0.25) is 4.79 Å². The third-order valence-corrected chi connectivity index (χ3v) is 3.91. The number of ether oxygens (including phenoxy) is 1. The lowest BCUT2D eigenvalue weighted by Crippen LogP contribution is -2.26. The first-order chi connectivity index (χ1) is 8.29. The van der Waals surface area contributed by atoms with Crippen molar-refractivity contribution in [3.8, 4) is 5.75 Å². The van der Waals surface area contributed by atoms with Crippen LogP contribution in [0.15, 0.2) is 12.1 Å². The van der Waals surface area contributed by atoms with Crippen LogP contribution in [0.2, 0.25) is 0 Å². The molecule has 0 unspecified atom stereocenters. The van der Waals surface area contributed by atoms with E-state index in [-0.39, 0.29) is 11.8 Å². The summed E-state index contributed by atoms with van der Waals surface area (Å²) in [6.45, 7) is 5.44. The van der Waals surface area contributed by atoms with Gasteiger partial charge in [-0.25, -0.2) is 0 Å². The van der Waals surface area contributed by atoms with E-state index in [1.807, 2.05) is 26.8 Å². The summed E-state index contributed by atoms with van der Waals surface area (Å²) in [6, 6.07) is 3.69. The van der Waals surface area contributed by atoms with Crippen LogP contribution in [0, 0.1) is 8.99 Å². The minimum atomic E-state index is -0.541. The van der Waals surface area contributed by atoms with Gasteiger partial charge in [0.2, 0.25) is 0 Å². The topological polar surface area (TPSA) is 26.3 Å². The van der Waals surface area contributed by atoms with Crippen LogP contribution in [0.4, 0.5) is 0 Å². The van der Waals surface area contributed by atoms with Crippen molar-refractivity contribution in [3.63, 3.8) is 0 Å². The zero-order valence-electron chi connectivity index (χ0n) is 10.5. The molecule has 0 aliphatic carbocycles. The summed E-state index contributed by atoms with van der Waals surface area (Å²) in [7, 11) is 0. The van der Waals surface area contributed by atoms with E-state index >= 15 is 0 Å². The Kier molecular flexibility index (Phi) is 5.74. The molecule has 0 N–H and O–H groups in total. The smallest absolute Gasteiger partial charge is 0.316 e. The summed E-state index contributed by atoms with van der Waals surface area (Å²) in [5.41, 5.74) is 1.23. The molecule has 0 aliphatic rings. The van der Waals surface area contributed by atoms with E-state index in [0.29, 0.717) is 11.6 Å². The summed E-state index contributed by atoms with van der Waals surface area (Å²) in [5.74, 6) is 0.940. The Hall–Kier alpha value is -0.000000000000000111. The lowest BCUT2D eigenvalue weighted by molar-refractivity contribution is -0.143. The Morgan fingerprint density at radius 1 is 1.22 bits per heavy atom. The van der Waals surface area contributed by atoms with Gasteiger partial charge in [-0.2, -0.15) is 0 Å². The number of rotatable bonds is 3. The molecule has 0 saturated heterocycles. The van der Waals surface area contributed by atoms with Crippen molar-refractivity contribution in [1.29, 1.82) is 0 Å². The van der Waals surface area contributed by atoms with Crippen molar-refractivity contribution in [2.75, 3.05) is 0 Å². The van der Waals surface area contributed by atoms with Crippen LogP contribution in [0.25, 0.3) is 0 Å². The van der Waals surface area contributed by atoms with Crippen LogP contribution < -0.4 is 4.74 Å². The summed E-state index contributed by atoms with van der Waals surface area (Å²) >= 11 is 13.9. The highest BCUT2D eigenvalue weighted by Crippen LogP contribution is 2.29. The number of alkyl halides is 2. The quantitative estimate of drug-likeness (QED) is 0.317. The number of halogens is 3. The second-order valence-electron chi connectivity index (χ2n) is 4.96. The van der Waals surface area contributed by atoms with Gasteiger partial charge in [0.05, 0.1) is 11.3 Å². The molecule has 5 heteroatoms. The summed E-state index contributed by atoms with van der Waals surface area (Å²) in [4.78, 5) is 11.9. The third-order valence-electron chi connectivity index (χ3n) is 2.33. The van der Waals surface area contributed by atoms with Crippen LogP contribution >= 0.6 is 45.8 Å². The standard InChI is InChI=1S/C13H15Cl2IO2/c1-13(2,3)12(17)18-11-5-10(16)8(6-14)4-9(11)7-15/h4-5H,6-7H2,1-3H3. The zero-order valence-corrected chi connectivity index (χ0v) is 14.2. The number of benzene rings is 1. The molecule has 0 heterocycles. The number of carbonyl (C=O) groups excluding carboxylic acids is 1. The van der Waals surface area contributed by atoms with E-state index in [0.717, 1.165) is 14.7 Å². The van der Waals surface area contributed by atoms with Gasteiger partial charge in [0, 0.05) is 15.0 Å². The Bertz CT molecular complexity index is 453. The Labute approximate surface area is 131 Å². The minimum Gasteiger partial charge on any atom is -0.426 e. The van der Waals surface area contributed by atoms with Crippen molar-refractivity contribution < 1.29 is 9.53 Å². The number of hydrogen-bond acceptors (Lipinski definition) is 2. The molecule has 0 saturated carbocycles. The Morgan fingerprint density at radius 3 is 2.22 bits per heavy atom. The highest BCUT2D eigenvalue weighted by molar-refractivity contribution is 14.1. The first-order valence-electron chi connectivity index (χ1n) is 5.45. The normalized spacial score (nSPS) is 11.4. The maximum atomic E-state index is 11.9. The second-order valence-corrected chi connectivity index (χ2v) is 6.65. The van der Waals surface area contributed by atoms with Crippen molar-refractivity contribution in [3.05, 3.63) is 26.8 Å². The van der Waals surface area contributed by atoms with E-state index in [1.54, 1.807) is 6.07 Å². The predicted molar refractivity (Wildman–Crippen MR) is 83.4 cm³/mol. The van der Waals surface area contributed by atoms with Gasteiger partial charge in [0.25, 0.3) is 0 Å². The lowest BCUT2D eigenvalue weighted by atomic mass is 9.97. The van der Waals surface area contributed by atoms with Crippen molar-refractivity contribution in [2.45, 2.75) is 32.5 Å². The third kappa shape index (κ3) is 4.00. The maximum absolute atomic E-state index is 11.9. The number of carbonyl (C=O) groups is 1. The molecule has 0 fully saturated rings. The molecule has 0 aromatic heterocycles. The van der Waals surface area contributed by atoms with E-state index in [4.69, 9.17) is 27.9 Å². The van der Waals surface area contributed by atoms with Gasteiger partial charge in [-0.15, -0.1) is 23.2 Å². The van der Waals surface area contributed by atoms with Gasteiger partial charge in [-0.1, -0.05) is 0 Å². The second kappa shape index (κ2) is 6.44. The molecular formula is C13H15Cl2IO2. The minimum absolute atomic E-state index is 0.275.